The molecule has 4 rings (SSSR count). The normalized spacial score (nSPS) is 13.3. The topological polar surface area (TPSA) is 75.2 Å². The molecule has 0 unspecified atom stereocenters. The number of rotatable bonds is 5. The zero-order chi connectivity index (χ0) is 18.6. The Balaban J connectivity index is 1.44. The summed E-state index contributed by atoms with van der Waals surface area (Å²) in [6.45, 7) is 0.770. The molecule has 2 amide bonds. The number of hydrogen-bond acceptors (Lipinski definition) is 6. The number of thioether (sulfide) groups is 1. The van der Waals surface area contributed by atoms with Crippen molar-refractivity contribution >= 4 is 40.6 Å². The first kappa shape index (κ1) is 17.7. The molecule has 0 spiro atoms. The van der Waals surface area contributed by atoms with Gasteiger partial charge >= 0.3 is 0 Å². The second kappa shape index (κ2) is 7.89. The third-order valence-corrected chi connectivity index (χ3v) is 5.94. The lowest BCUT2D eigenvalue weighted by Gasteiger charge is -2.28. The number of carbonyl (C=O) groups is 2. The Morgan fingerprint density at radius 1 is 1.22 bits per heavy atom. The molecule has 0 radical (unpaired) electrons. The van der Waals surface area contributed by atoms with Gasteiger partial charge in [0.2, 0.25) is 5.91 Å². The van der Waals surface area contributed by atoms with E-state index in [1.165, 1.54) is 11.3 Å². The summed E-state index contributed by atoms with van der Waals surface area (Å²) in [4.78, 5) is 35.9. The lowest BCUT2D eigenvalue weighted by molar-refractivity contribution is -0.116. The number of anilines is 1. The molecule has 1 aromatic carbocycles. The number of pyridine rings is 1. The first-order valence-electron chi connectivity index (χ1n) is 8.34. The van der Waals surface area contributed by atoms with Gasteiger partial charge in [0.15, 0.2) is 0 Å². The van der Waals surface area contributed by atoms with E-state index >= 15 is 0 Å². The van der Waals surface area contributed by atoms with Gasteiger partial charge in [-0.2, -0.15) is 0 Å². The molecule has 0 atom stereocenters. The van der Waals surface area contributed by atoms with Crippen LogP contribution in [0.5, 0.6) is 0 Å². The Kier molecular flexibility index (Phi) is 5.17. The van der Waals surface area contributed by atoms with Crippen molar-refractivity contribution in [2.24, 2.45) is 0 Å². The molecule has 3 aromatic rings. The van der Waals surface area contributed by atoms with Crippen LogP contribution in [0.4, 0.5) is 5.69 Å². The van der Waals surface area contributed by atoms with Crippen LogP contribution in [0, 0.1) is 0 Å². The van der Waals surface area contributed by atoms with Crippen LogP contribution >= 0.6 is 23.1 Å². The van der Waals surface area contributed by atoms with Crippen LogP contribution in [0.3, 0.4) is 0 Å². The van der Waals surface area contributed by atoms with Gasteiger partial charge < -0.3 is 10.2 Å². The number of carbonyl (C=O) groups excluding carboxylic acids is 2. The van der Waals surface area contributed by atoms with Gasteiger partial charge in [0, 0.05) is 29.2 Å². The Bertz CT molecular complexity index is 975. The highest BCUT2D eigenvalue weighted by molar-refractivity contribution is 8.00. The number of hydrogen-bond donors (Lipinski definition) is 1. The van der Waals surface area contributed by atoms with Crippen LogP contribution in [-0.4, -0.2) is 27.5 Å². The molecule has 0 saturated carbocycles. The molecule has 1 N–H and O–H groups in total. The maximum absolute atomic E-state index is 12.4. The van der Waals surface area contributed by atoms with Gasteiger partial charge in [0.05, 0.1) is 18.0 Å². The van der Waals surface area contributed by atoms with E-state index < -0.39 is 0 Å². The van der Waals surface area contributed by atoms with Gasteiger partial charge in [-0.3, -0.25) is 14.6 Å². The maximum atomic E-state index is 12.4. The van der Waals surface area contributed by atoms with Crippen LogP contribution in [0.1, 0.15) is 21.1 Å². The molecule has 136 valence electrons. The summed E-state index contributed by atoms with van der Waals surface area (Å²) < 4.78 is 0. The fraction of sp³-hybridized carbons (Fsp3) is 0.158. The van der Waals surface area contributed by atoms with Gasteiger partial charge in [-0.1, -0.05) is 18.2 Å². The summed E-state index contributed by atoms with van der Waals surface area (Å²) in [7, 11) is 0. The van der Waals surface area contributed by atoms with Crippen LogP contribution in [0.15, 0.2) is 59.1 Å². The summed E-state index contributed by atoms with van der Waals surface area (Å²) >= 11 is 2.93. The molecule has 1 aliphatic heterocycles. The molecular formula is C19H16N4O2S2. The van der Waals surface area contributed by atoms with E-state index in [0.29, 0.717) is 24.5 Å². The predicted octanol–water partition coefficient (Wildman–Crippen LogP) is 3.11. The minimum atomic E-state index is -0.234. The van der Waals surface area contributed by atoms with Crippen molar-refractivity contribution in [3.05, 3.63) is 70.4 Å². The average Bonchev–Trinajstić information content (AvgIpc) is 3.18. The van der Waals surface area contributed by atoms with E-state index in [1.807, 2.05) is 36.4 Å². The van der Waals surface area contributed by atoms with Gasteiger partial charge in [-0.15, -0.1) is 23.1 Å². The van der Waals surface area contributed by atoms with E-state index in [1.54, 1.807) is 34.4 Å². The predicted molar refractivity (Wildman–Crippen MR) is 106 cm³/mol. The van der Waals surface area contributed by atoms with Crippen molar-refractivity contribution in [1.29, 1.82) is 0 Å². The molecule has 1 aliphatic rings. The number of aromatic nitrogens is 2. The Hall–Kier alpha value is -2.71. The van der Waals surface area contributed by atoms with Crippen molar-refractivity contribution in [3.8, 4) is 0 Å². The van der Waals surface area contributed by atoms with E-state index in [-0.39, 0.29) is 11.8 Å². The Labute approximate surface area is 164 Å². The summed E-state index contributed by atoms with van der Waals surface area (Å²) in [5.41, 5.74) is 2.19. The standard InChI is InChI=1S/C19H16N4O2S2/c24-18-12-26-16-6-2-1-5-15(16)23(18)10-17-22-14(11-27-17)19(25)21-9-13-4-3-7-20-8-13/h1-8,11H,9-10,12H2,(H,21,25). The van der Waals surface area contributed by atoms with E-state index in [2.05, 4.69) is 15.3 Å². The second-order valence-electron chi connectivity index (χ2n) is 5.91. The van der Waals surface area contributed by atoms with Crippen LogP contribution < -0.4 is 10.2 Å². The smallest absolute Gasteiger partial charge is 0.271 e. The van der Waals surface area contributed by atoms with Gasteiger partial charge in [-0.25, -0.2) is 4.98 Å². The highest BCUT2D eigenvalue weighted by Gasteiger charge is 2.25. The minimum absolute atomic E-state index is 0.0523. The monoisotopic (exact) mass is 396 g/mol. The summed E-state index contributed by atoms with van der Waals surface area (Å²) in [5.74, 6) is 0.236. The molecule has 27 heavy (non-hydrogen) atoms. The molecule has 3 heterocycles. The SMILES string of the molecule is O=C(NCc1cccnc1)c1csc(CN2C(=O)CSc3ccccc32)n1. The summed E-state index contributed by atoms with van der Waals surface area (Å²) in [6, 6.07) is 11.6. The number of benzene rings is 1. The molecule has 2 aromatic heterocycles. The lowest BCUT2D eigenvalue weighted by Crippen LogP contribution is -2.34. The quantitative estimate of drug-likeness (QED) is 0.717. The van der Waals surface area contributed by atoms with Crippen LogP contribution in [0.25, 0.3) is 0 Å². The first-order valence-corrected chi connectivity index (χ1v) is 10.2. The van der Waals surface area contributed by atoms with Gasteiger partial charge in [0.25, 0.3) is 5.91 Å². The Morgan fingerprint density at radius 2 is 2.11 bits per heavy atom. The minimum Gasteiger partial charge on any atom is -0.347 e. The zero-order valence-electron chi connectivity index (χ0n) is 14.3. The molecule has 0 saturated heterocycles. The van der Waals surface area contributed by atoms with Crippen molar-refractivity contribution in [3.63, 3.8) is 0 Å². The molecule has 0 bridgehead atoms. The van der Waals surface area contributed by atoms with E-state index in [4.69, 9.17) is 0 Å². The number of thiazole rings is 1. The highest BCUT2D eigenvalue weighted by atomic mass is 32.2. The van der Waals surface area contributed by atoms with E-state index in [0.717, 1.165) is 21.2 Å². The average molecular weight is 396 g/mol. The van der Waals surface area contributed by atoms with Crippen molar-refractivity contribution in [2.45, 2.75) is 18.0 Å². The molecular weight excluding hydrogens is 380 g/mol. The number of nitrogens with zero attached hydrogens (tertiary/aromatic N) is 3. The number of para-hydroxylation sites is 1. The first-order chi connectivity index (χ1) is 13.2. The summed E-state index contributed by atoms with van der Waals surface area (Å²) in [6.07, 6.45) is 3.40. The van der Waals surface area contributed by atoms with Crippen molar-refractivity contribution in [2.75, 3.05) is 10.7 Å². The molecule has 8 heteroatoms. The van der Waals surface area contributed by atoms with Crippen molar-refractivity contribution < 1.29 is 9.59 Å². The van der Waals surface area contributed by atoms with E-state index in [9.17, 15) is 9.59 Å². The van der Waals surface area contributed by atoms with Crippen LogP contribution in [0.2, 0.25) is 0 Å². The van der Waals surface area contributed by atoms with Gasteiger partial charge in [0.1, 0.15) is 10.7 Å². The number of amides is 2. The third kappa shape index (κ3) is 4.01. The fourth-order valence-corrected chi connectivity index (χ4v) is 4.42. The lowest BCUT2D eigenvalue weighted by atomic mass is 10.2. The molecule has 6 nitrogen and oxygen atoms in total. The number of fused-ring (bicyclic) bond motifs is 1. The highest BCUT2D eigenvalue weighted by Crippen LogP contribution is 2.35. The Morgan fingerprint density at radius 3 is 2.96 bits per heavy atom. The van der Waals surface area contributed by atoms with Crippen LogP contribution in [-0.2, 0) is 17.9 Å². The molecule has 0 fully saturated rings. The number of nitrogens with one attached hydrogen (secondary N) is 1. The third-order valence-electron chi connectivity index (χ3n) is 4.06. The van der Waals surface area contributed by atoms with Gasteiger partial charge in [-0.05, 0) is 23.8 Å². The fourth-order valence-electron chi connectivity index (χ4n) is 2.73. The maximum Gasteiger partial charge on any atom is 0.271 e. The second-order valence-corrected chi connectivity index (χ2v) is 7.87. The van der Waals surface area contributed by atoms with Crippen molar-refractivity contribution in [1.82, 2.24) is 15.3 Å². The largest absolute Gasteiger partial charge is 0.347 e. The zero-order valence-corrected chi connectivity index (χ0v) is 15.9. The molecule has 0 aliphatic carbocycles. The summed E-state index contributed by atoms with van der Waals surface area (Å²) in [5, 5.41) is 5.30.